The van der Waals surface area contributed by atoms with Gasteiger partial charge in [0.25, 0.3) is 11.8 Å². The highest BCUT2D eigenvalue weighted by Gasteiger charge is 2.38. The van der Waals surface area contributed by atoms with E-state index in [0.29, 0.717) is 22.3 Å². The Morgan fingerprint density at radius 1 is 0.593 bits per heavy atom. The van der Waals surface area contributed by atoms with Gasteiger partial charge in [-0.25, -0.2) is 0 Å². The number of amides is 4. The first-order valence-corrected chi connectivity index (χ1v) is 8.17. The Balaban J connectivity index is 1.93. The summed E-state index contributed by atoms with van der Waals surface area (Å²) in [6, 6.07) is 6.77. The van der Waals surface area contributed by atoms with E-state index in [2.05, 4.69) is 10.6 Å². The van der Waals surface area contributed by atoms with Crippen LogP contribution >= 0.6 is 0 Å². The molecule has 134 valence electrons. The van der Waals surface area contributed by atoms with Crippen LogP contribution in [0.25, 0.3) is 11.1 Å². The van der Waals surface area contributed by atoms with Gasteiger partial charge in [-0.1, -0.05) is 24.3 Å². The largest absolute Gasteiger partial charge is 0.293 e. The summed E-state index contributed by atoms with van der Waals surface area (Å²) in [5, 5.41) is 4.24. The molecule has 1 aromatic carbocycles. The molecule has 0 bridgehead atoms. The molecular weight excluding hydrogens is 352 g/mol. The summed E-state index contributed by atoms with van der Waals surface area (Å²) in [6.45, 7) is 0. The number of carbonyl (C=O) groups excluding carboxylic acids is 6. The maximum Gasteiger partial charge on any atom is 0.261 e. The van der Waals surface area contributed by atoms with Gasteiger partial charge in [-0.05, 0) is 22.3 Å². The Morgan fingerprint density at radius 3 is 1.37 bits per heavy atom. The second-order valence-corrected chi connectivity index (χ2v) is 6.38. The molecule has 0 spiro atoms. The Bertz CT molecular complexity index is 933. The van der Waals surface area contributed by atoms with Gasteiger partial charge >= 0.3 is 0 Å². The predicted octanol–water partition coefficient (Wildman–Crippen LogP) is -0.171. The molecule has 1 aliphatic carbocycles. The Labute approximate surface area is 152 Å². The van der Waals surface area contributed by atoms with E-state index in [1.807, 2.05) is 0 Å². The first kappa shape index (κ1) is 16.8. The number of imide groups is 2. The van der Waals surface area contributed by atoms with Gasteiger partial charge in [0.2, 0.25) is 11.8 Å². The summed E-state index contributed by atoms with van der Waals surface area (Å²) in [4.78, 5) is 71.9. The topological polar surface area (TPSA) is 126 Å². The third kappa shape index (κ3) is 2.62. The van der Waals surface area contributed by atoms with Crippen molar-refractivity contribution in [1.29, 1.82) is 0 Å². The molecule has 2 N–H and O–H groups in total. The van der Waals surface area contributed by atoms with E-state index in [-0.39, 0.29) is 17.6 Å². The van der Waals surface area contributed by atoms with Crippen molar-refractivity contribution in [3.8, 4) is 0 Å². The van der Waals surface area contributed by atoms with Crippen molar-refractivity contribution < 1.29 is 28.8 Å². The smallest absolute Gasteiger partial charge is 0.261 e. The highest BCUT2D eigenvalue weighted by molar-refractivity contribution is 6.37. The van der Waals surface area contributed by atoms with E-state index in [9.17, 15) is 28.8 Å². The molecule has 0 atom stereocenters. The minimum atomic E-state index is -0.790. The van der Waals surface area contributed by atoms with Crippen LogP contribution in [-0.4, -0.2) is 35.2 Å². The third-order valence-corrected chi connectivity index (χ3v) is 4.69. The van der Waals surface area contributed by atoms with Gasteiger partial charge < -0.3 is 0 Å². The van der Waals surface area contributed by atoms with Crippen molar-refractivity contribution in [1.82, 2.24) is 10.6 Å². The van der Waals surface area contributed by atoms with Crippen molar-refractivity contribution in [2.24, 2.45) is 0 Å². The molecule has 2 heterocycles. The zero-order valence-electron chi connectivity index (χ0n) is 13.9. The first-order chi connectivity index (χ1) is 12.9. The summed E-state index contributed by atoms with van der Waals surface area (Å²) in [5.41, 5.74) is 1.53. The summed E-state index contributed by atoms with van der Waals surface area (Å²) in [5.74, 6) is -4.12. The fraction of sp³-hybridized carbons (Fsp3) is 0.158. The van der Waals surface area contributed by atoms with Gasteiger partial charge in [-0.15, -0.1) is 0 Å². The molecule has 3 aliphatic rings. The standard InChI is InChI=1S/C19H12N2O6/c22-12-6-14(24)20-18(26)16(12)10-5-11(9-4-2-1-3-8(9)10)17-13(23)7-15(25)21-19(17)27/h1-4H,5-7H2,(H,20,24,26)(H,21,25,27)/b16-10-,17-11-. The zero-order valence-corrected chi connectivity index (χ0v) is 13.9. The number of ketones is 2. The highest BCUT2D eigenvalue weighted by atomic mass is 16.2. The molecule has 0 saturated carbocycles. The van der Waals surface area contributed by atoms with Gasteiger partial charge in [0.1, 0.15) is 0 Å². The molecule has 2 fully saturated rings. The second-order valence-electron chi connectivity index (χ2n) is 6.38. The number of nitrogens with one attached hydrogen (secondary N) is 2. The molecule has 8 heteroatoms. The van der Waals surface area contributed by atoms with Crippen molar-refractivity contribution in [2.45, 2.75) is 19.3 Å². The Hall–Kier alpha value is -3.68. The maximum atomic E-state index is 12.3. The average Bonchev–Trinajstić information content (AvgIpc) is 2.93. The molecule has 27 heavy (non-hydrogen) atoms. The lowest BCUT2D eigenvalue weighted by molar-refractivity contribution is -0.137. The van der Waals surface area contributed by atoms with Crippen LogP contribution in [0.15, 0.2) is 35.4 Å². The summed E-state index contributed by atoms with van der Waals surface area (Å²) < 4.78 is 0. The Morgan fingerprint density at radius 2 is 1.00 bits per heavy atom. The maximum absolute atomic E-state index is 12.3. The van der Waals surface area contributed by atoms with Crippen LogP contribution in [0, 0.1) is 0 Å². The molecule has 0 aromatic heterocycles. The van der Waals surface area contributed by atoms with Crippen LogP contribution in [-0.2, 0) is 28.8 Å². The van der Waals surface area contributed by atoms with Gasteiger partial charge in [-0.2, -0.15) is 0 Å². The minimum absolute atomic E-state index is 0.00468. The van der Waals surface area contributed by atoms with E-state index in [0.717, 1.165) is 0 Å². The van der Waals surface area contributed by atoms with E-state index >= 15 is 0 Å². The van der Waals surface area contributed by atoms with Crippen LogP contribution in [0.2, 0.25) is 0 Å². The number of rotatable bonds is 0. The lowest BCUT2D eigenvalue weighted by atomic mass is 9.92. The molecule has 1 aromatic rings. The van der Waals surface area contributed by atoms with E-state index in [1.165, 1.54) is 0 Å². The van der Waals surface area contributed by atoms with Crippen LogP contribution < -0.4 is 10.6 Å². The number of Topliss-reactive ketones (excluding diaryl/α,β-unsaturated/α-hetero) is 2. The van der Waals surface area contributed by atoms with Crippen molar-refractivity contribution >= 4 is 46.3 Å². The minimum Gasteiger partial charge on any atom is -0.293 e. The van der Waals surface area contributed by atoms with Gasteiger partial charge in [0.15, 0.2) is 11.6 Å². The van der Waals surface area contributed by atoms with Gasteiger partial charge in [-0.3, -0.25) is 39.4 Å². The lowest BCUT2D eigenvalue weighted by Gasteiger charge is -2.16. The molecule has 0 radical (unpaired) electrons. The van der Waals surface area contributed by atoms with Gasteiger partial charge in [0.05, 0.1) is 24.0 Å². The normalized spacial score (nSPS) is 25.5. The fourth-order valence-corrected chi connectivity index (χ4v) is 3.62. The Kier molecular flexibility index (Phi) is 3.69. The fourth-order valence-electron chi connectivity index (χ4n) is 3.62. The summed E-state index contributed by atoms with van der Waals surface area (Å²) in [7, 11) is 0. The molecule has 4 rings (SSSR count). The zero-order chi connectivity index (χ0) is 19.3. The molecule has 4 amide bonds. The third-order valence-electron chi connectivity index (χ3n) is 4.69. The number of piperidine rings is 2. The van der Waals surface area contributed by atoms with Crippen LogP contribution in [0.3, 0.4) is 0 Å². The average molecular weight is 364 g/mol. The molecule has 2 saturated heterocycles. The number of benzene rings is 1. The lowest BCUT2D eigenvalue weighted by Crippen LogP contribution is -2.41. The van der Waals surface area contributed by atoms with Crippen LogP contribution in [0.4, 0.5) is 0 Å². The number of fused-ring (bicyclic) bond motifs is 1. The molecule has 2 aliphatic heterocycles. The second kappa shape index (κ2) is 5.94. The van der Waals surface area contributed by atoms with Crippen LogP contribution in [0.5, 0.6) is 0 Å². The van der Waals surface area contributed by atoms with E-state index in [4.69, 9.17) is 0 Å². The SMILES string of the molecule is O=C1CC(=O)/C(=C2\C/C(=C3\C(=O)CC(=O)NC3=O)c3ccccc32)C(=O)N1. The first-order valence-electron chi connectivity index (χ1n) is 8.17. The number of hydrogen-bond acceptors (Lipinski definition) is 6. The molecule has 8 nitrogen and oxygen atoms in total. The summed E-state index contributed by atoms with van der Waals surface area (Å²) >= 11 is 0. The number of carbonyl (C=O) groups is 6. The quantitative estimate of drug-likeness (QED) is 0.285. The monoisotopic (exact) mass is 364 g/mol. The summed E-state index contributed by atoms with van der Waals surface area (Å²) in [6.07, 6.45) is -0.871. The van der Waals surface area contributed by atoms with Crippen molar-refractivity contribution in [3.05, 3.63) is 46.5 Å². The van der Waals surface area contributed by atoms with Crippen LogP contribution in [0.1, 0.15) is 30.4 Å². The predicted molar refractivity (Wildman–Crippen MR) is 90.4 cm³/mol. The highest BCUT2D eigenvalue weighted by Crippen LogP contribution is 2.44. The van der Waals surface area contributed by atoms with E-state index < -0.39 is 48.0 Å². The molecular formula is C19H12N2O6. The number of hydrogen-bond donors (Lipinski definition) is 2. The number of allylic oxidation sites excluding steroid dienone is 2. The van der Waals surface area contributed by atoms with Gasteiger partial charge in [0, 0.05) is 6.42 Å². The van der Waals surface area contributed by atoms with E-state index in [1.54, 1.807) is 24.3 Å². The molecule has 0 unspecified atom stereocenters. The van der Waals surface area contributed by atoms with Crippen molar-refractivity contribution in [3.63, 3.8) is 0 Å². The van der Waals surface area contributed by atoms with Crippen molar-refractivity contribution in [2.75, 3.05) is 0 Å².